The van der Waals surface area contributed by atoms with Gasteiger partial charge in [-0.25, -0.2) is 0 Å². The maximum atomic E-state index is 3.37. The van der Waals surface area contributed by atoms with Crippen LogP contribution in [0.2, 0.25) is 0 Å². The van der Waals surface area contributed by atoms with Gasteiger partial charge < -0.3 is 5.32 Å². The van der Waals surface area contributed by atoms with Crippen molar-refractivity contribution < 1.29 is 0 Å². The first-order chi connectivity index (χ1) is 6.90. The third-order valence-electron chi connectivity index (χ3n) is 2.39. The SMILES string of the molecule is BrCC#Cc1ccc2c(c1)CNCC2. The lowest BCUT2D eigenvalue weighted by atomic mass is 9.99. The molecule has 72 valence electrons. The third-order valence-corrected chi connectivity index (χ3v) is 2.67. The van der Waals surface area contributed by atoms with Gasteiger partial charge in [0.15, 0.2) is 0 Å². The van der Waals surface area contributed by atoms with Gasteiger partial charge in [0.1, 0.15) is 0 Å². The lowest BCUT2D eigenvalue weighted by Gasteiger charge is -2.16. The summed E-state index contributed by atoms with van der Waals surface area (Å²) < 4.78 is 0. The fourth-order valence-electron chi connectivity index (χ4n) is 1.69. The average molecular weight is 250 g/mol. The first kappa shape index (κ1) is 9.76. The van der Waals surface area contributed by atoms with Crippen LogP contribution in [0, 0.1) is 11.8 Å². The zero-order valence-electron chi connectivity index (χ0n) is 7.94. The fourth-order valence-corrected chi connectivity index (χ4v) is 1.83. The summed E-state index contributed by atoms with van der Waals surface area (Å²) in [6, 6.07) is 6.51. The molecule has 14 heavy (non-hydrogen) atoms. The van der Waals surface area contributed by atoms with Crippen LogP contribution in [0.3, 0.4) is 0 Å². The lowest BCUT2D eigenvalue weighted by molar-refractivity contribution is 0.643. The zero-order chi connectivity index (χ0) is 9.80. The van der Waals surface area contributed by atoms with E-state index in [9.17, 15) is 0 Å². The van der Waals surface area contributed by atoms with Crippen LogP contribution in [0.4, 0.5) is 0 Å². The Bertz CT molecular complexity index is 387. The highest BCUT2D eigenvalue weighted by Gasteiger charge is 2.07. The van der Waals surface area contributed by atoms with Gasteiger partial charge in [-0.3, -0.25) is 0 Å². The summed E-state index contributed by atoms with van der Waals surface area (Å²) in [4.78, 5) is 0. The predicted octanol–water partition coefficient (Wildman–Crippen LogP) is 2.08. The van der Waals surface area contributed by atoms with Crippen LogP contribution in [0.15, 0.2) is 18.2 Å². The van der Waals surface area contributed by atoms with E-state index >= 15 is 0 Å². The minimum Gasteiger partial charge on any atom is -0.312 e. The van der Waals surface area contributed by atoms with Crippen molar-refractivity contribution in [1.29, 1.82) is 0 Å². The Labute approximate surface area is 93.0 Å². The smallest absolute Gasteiger partial charge is 0.0649 e. The second-order valence-corrected chi connectivity index (χ2v) is 3.91. The highest BCUT2D eigenvalue weighted by molar-refractivity contribution is 9.09. The summed E-state index contributed by atoms with van der Waals surface area (Å²) in [7, 11) is 0. The standard InChI is InChI=1S/C12H12BrN/c13-6-1-2-10-3-4-11-5-7-14-9-12(11)8-10/h3-4,8,14H,5-7,9H2. The van der Waals surface area contributed by atoms with Crippen LogP contribution >= 0.6 is 15.9 Å². The topological polar surface area (TPSA) is 12.0 Å². The Kier molecular flexibility index (Phi) is 3.23. The molecule has 0 saturated carbocycles. The molecular formula is C12H12BrN. The molecule has 1 aromatic rings. The second-order valence-electron chi connectivity index (χ2n) is 3.35. The summed E-state index contributed by atoms with van der Waals surface area (Å²) in [6.07, 6.45) is 1.14. The predicted molar refractivity (Wildman–Crippen MR) is 62.5 cm³/mol. The highest BCUT2D eigenvalue weighted by atomic mass is 79.9. The molecule has 1 aliphatic rings. The van der Waals surface area contributed by atoms with Gasteiger partial charge >= 0.3 is 0 Å². The Morgan fingerprint density at radius 1 is 1.36 bits per heavy atom. The number of fused-ring (bicyclic) bond motifs is 1. The van der Waals surface area contributed by atoms with Gasteiger partial charge in [-0.1, -0.05) is 33.8 Å². The van der Waals surface area contributed by atoms with Crippen molar-refractivity contribution in [2.45, 2.75) is 13.0 Å². The Balaban J connectivity index is 2.29. The Morgan fingerprint density at radius 2 is 2.29 bits per heavy atom. The monoisotopic (exact) mass is 249 g/mol. The molecular weight excluding hydrogens is 238 g/mol. The fraction of sp³-hybridized carbons (Fsp3) is 0.333. The number of hydrogen-bond acceptors (Lipinski definition) is 1. The molecule has 2 rings (SSSR count). The van der Waals surface area contributed by atoms with Crippen LogP contribution in [-0.2, 0) is 13.0 Å². The number of rotatable bonds is 0. The molecule has 0 atom stereocenters. The van der Waals surface area contributed by atoms with Crippen molar-refractivity contribution in [3.8, 4) is 11.8 Å². The van der Waals surface area contributed by atoms with Crippen LogP contribution in [0.25, 0.3) is 0 Å². The van der Waals surface area contributed by atoms with Gasteiger partial charge in [-0.2, -0.15) is 0 Å². The van der Waals surface area contributed by atoms with E-state index in [0.29, 0.717) is 0 Å². The maximum absolute atomic E-state index is 3.37. The van der Waals surface area contributed by atoms with Crippen LogP contribution in [0.1, 0.15) is 16.7 Å². The van der Waals surface area contributed by atoms with Crippen LogP contribution in [0.5, 0.6) is 0 Å². The summed E-state index contributed by atoms with van der Waals surface area (Å²) >= 11 is 3.30. The third kappa shape index (κ3) is 2.17. The van der Waals surface area contributed by atoms with E-state index in [1.54, 1.807) is 0 Å². The Hall–Kier alpha value is -0.780. The summed E-state index contributed by atoms with van der Waals surface area (Å²) in [6.45, 7) is 2.08. The van der Waals surface area contributed by atoms with Gasteiger partial charge in [0, 0.05) is 12.1 Å². The second kappa shape index (κ2) is 4.63. The van der Waals surface area contributed by atoms with E-state index in [2.05, 4.69) is 51.3 Å². The normalized spacial score (nSPS) is 14.1. The molecule has 1 aliphatic heterocycles. The number of benzene rings is 1. The van der Waals surface area contributed by atoms with Crippen LogP contribution < -0.4 is 5.32 Å². The molecule has 0 saturated heterocycles. The molecule has 0 bridgehead atoms. The van der Waals surface area contributed by atoms with E-state index in [-0.39, 0.29) is 0 Å². The number of halogens is 1. The molecule has 1 aromatic carbocycles. The quantitative estimate of drug-likeness (QED) is 0.549. The van der Waals surface area contributed by atoms with E-state index in [1.165, 1.54) is 11.1 Å². The molecule has 2 heteroatoms. The van der Waals surface area contributed by atoms with Crippen molar-refractivity contribution in [2.75, 3.05) is 11.9 Å². The largest absolute Gasteiger partial charge is 0.312 e. The molecule has 1 heterocycles. The van der Waals surface area contributed by atoms with Gasteiger partial charge in [0.25, 0.3) is 0 Å². The minimum absolute atomic E-state index is 0.738. The highest BCUT2D eigenvalue weighted by Crippen LogP contribution is 2.15. The van der Waals surface area contributed by atoms with Gasteiger partial charge in [0.05, 0.1) is 5.33 Å². The van der Waals surface area contributed by atoms with Crippen molar-refractivity contribution in [3.05, 3.63) is 34.9 Å². The van der Waals surface area contributed by atoms with E-state index < -0.39 is 0 Å². The molecule has 1 N–H and O–H groups in total. The summed E-state index contributed by atoms with van der Waals surface area (Å²) in [5, 5.41) is 4.11. The minimum atomic E-state index is 0.738. The molecule has 0 aliphatic carbocycles. The Morgan fingerprint density at radius 3 is 3.14 bits per heavy atom. The van der Waals surface area contributed by atoms with E-state index in [0.717, 1.165) is 30.4 Å². The maximum Gasteiger partial charge on any atom is 0.0649 e. The number of hydrogen-bond donors (Lipinski definition) is 1. The first-order valence-electron chi connectivity index (χ1n) is 4.77. The van der Waals surface area contributed by atoms with Crippen molar-refractivity contribution in [1.82, 2.24) is 5.32 Å². The average Bonchev–Trinajstić information content (AvgIpc) is 2.26. The molecule has 0 fully saturated rings. The van der Waals surface area contributed by atoms with Crippen LogP contribution in [-0.4, -0.2) is 11.9 Å². The molecule has 0 aromatic heterocycles. The zero-order valence-corrected chi connectivity index (χ0v) is 9.52. The summed E-state index contributed by atoms with van der Waals surface area (Å²) in [5.41, 5.74) is 3.98. The molecule has 0 radical (unpaired) electrons. The molecule has 0 amide bonds. The number of nitrogens with one attached hydrogen (secondary N) is 1. The van der Waals surface area contributed by atoms with Crippen molar-refractivity contribution in [3.63, 3.8) is 0 Å². The number of alkyl halides is 1. The molecule has 1 nitrogen and oxygen atoms in total. The first-order valence-corrected chi connectivity index (χ1v) is 5.89. The summed E-state index contributed by atoms with van der Waals surface area (Å²) in [5.74, 6) is 6.14. The van der Waals surface area contributed by atoms with E-state index in [1.807, 2.05) is 0 Å². The van der Waals surface area contributed by atoms with Crippen molar-refractivity contribution in [2.24, 2.45) is 0 Å². The molecule has 0 spiro atoms. The van der Waals surface area contributed by atoms with Gasteiger partial charge in [-0.15, -0.1) is 0 Å². The van der Waals surface area contributed by atoms with Crippen molar-refractivity contribution >= 4 is 15.9 Å². The van der Waals surface area contributed by atoms with Gasteiger partial charge in [-0.05, 0) is 36.2 Å². The molecule has 0 unspecified atom stereocenters. The lowest BCUT2D eigenvalue weighted by Crippen LogP contribution is -2.23. The van der Waals surface area contributed by atoms with E-state index in [4.69, 9.17) is 0 Å². The van der Waals surface area contributed by atoms with Gasteiger partial charge in [0.2, 0.25) is 0 Å².